The van der Waals surface area contributed by atoms with Crippen LogP contribution in [-0.2, 0) is 0 Å². The number of rotatable bonds is 2. The predicted molar refractivity (Wildman–Crippen MR) is 141 cm³/mol. The summed E-state index contributed by atoms with van der Waals surface area (Å²) in [5, 5.41) is 6.82. The lowest BCUT2D eigenvalue weighted by molar-refractivity contribution is -0.0587. The Kier molecular flexibility index (Phi) is 6.30. The van der Waals surface area contributed by atoms with Gasteiger partial charge in [0.05, 0.1) is 6.26 Å². The van der Waals surface area contributed by atoms with Crippen LogP contribution in [0.15, 0.2) is 39.3 Å². The van der Waals surface area contributed by atoms with Crippen molar-refractivity contribution in [1.29, 1.82) is 0 Å². The lowest BCUT2D eigenvalue weighted by Gasteiger charge is -2.60. The Morgan fingerprint density at radius 3 is 2.83 bits per heavy atom. The van der Waals surface area contributed by atoms with Gasteiger partial charge in [0.1, 0.15) is 0 Å². The number of nitrogens with one attached hydrogen (secondary N) is 2. The fourth-order valence-electron chi connectivity index (χ4n) is 9.11. The van der Waals surface area contributed by atoms with Gasteiger partial charge in [0.25, 0.3) is 0 Å². The molecule has 1 aromatic heterocycles. The molecule has 2 amide bonds. The molecule has 0 spiro atoms. The van der Waals surface area contributed by atoms with E-state index in [1.54, 1.807) is 17.9 Å². The molecule has 1 saturated heterocycles. The summed E-state index contributed by atoms with van der Waals surface area (Å²) in [5.74, 6) is 2.55. The van der Waals surface area contributed by atoms with Gasteiger partial charge in [-0.25, -0.2) is 9.59 Å². The highest BCUT2D eigenvalue weighted by Crippen LogP contribution is 2.67. The van der Waals surface area contributed by atoms with Gasteiger partial charge in [0, 0.05) is 31.7 Å². The van der Waals surface area contributed by atoms with Crippen molar-refractivity contribution in [3.63, 3.8) is 0 Å². The molecule has 1 aliphatic heterocycles. The number of fused-ring (bicyclic) bond motifs is 5. The van der Waals surface area contributed by atoms with Crippen molar-refractivity contribution in [3.8, 4) is 0 Å². The molecule has 2 N–H and O–H groups in total. The van der Waals surface area contributed by atoms with E-state index >= 15 is 0 Å². The number of hydrogen-bond donors (Lipinski definition) is 2. The van der Waals surface area contributed by atoms with Gasteiger partial charge in [-0.05, 0) is 110 Å². The van der Waals surface area contributed by atoms with Crippen LogP contribution in [0.1, 0.15) is 83.1 Å². The van der Waals surface area contributed by atoms with E-state index in [0.717, 1.165) is 57.8 Å². The molecule has 4 fully saturated rings. The van der Waals surface area contributed by atoms with E-state index in [0.29, 0.717) is 29.2 Å². The Morgan fingerprint density at radius 1 is 1.11 bits per heavy atom. The second-order valence-corrected chi connectivity index (χ2v) is 12.8. The highest BCUT2D eigenvalue weighted by molar-refractivity contribution is 5.74. The largest absolute Gasteiger partial charge is 0.431 e. The number of hydrogen-bond acceptors (Lipinski definition) is 4. The van der Waals surface area contributed by atoms with Crippen molar-refractivity contribution in [2.45, 2.75) is 83.6 Å². The van der Waals surface area contributed by atoms with Crippen LogP contribution in [0, 0.1) is 28.6 Å². The summed E-state index contributed by atoms with van der Waals surface area (Å²) < 4.78 is 5.26. The monoisotopic (exact) mass is 493 g/mol. The maximum Gasteiger partial charge on any atom is 0.335 e. The van der Waals surface area contributed by atoms with Crippen LogP contribution in [0.25, 0.3) is 0 Å². The summed E-state index contributed by atoms with van der Waals surface area (Å²) in [6, 6.07) is 4.03. The van der Waals surface area contributed by atoms with Crippen molar-refractivity contribution in [3.05, 3.63) is 46.0 Å². The molecule has 36 heavy (non-hydrogen) atoms. The summed E-state index contributed by atoms with van der Waals surface area (Å²) in [4.78, 5) is 26.5. The Bertz CT molecular complexity index is 1050. The lowest BCUT2D eigenvalue weighted by Crippen LogP contribution is -2.55. The number of nitrogens with zero attached hydrogens (tertiary/aromatic N) is 1. The molecular formula is C30H43N3O3. The zero-order valence-electron chi connectivity index (χ0n) is 22.1. The fourth-order valence-corrected chi connectivity index (χ4v) is 9.11. The van der Waals surface area contributed by atoms with Gasteiger partial charge >= 0.3 is 11.7 Å². The first-order chi connectivity index (χ1) is 17.4. The topological polar surface area (TPSA) is 74.6 Å². The van der Waals surface area contributed by atoms with E-state index in [1.165, 1.54) is 37.7 Å². The molecule has 4 aliphatic carbocycles. The van der Waals surface area contributed by atoms with Crippen molar-refractivity contribution < 1.29 is 9.21 Å². The summed E-state index contributed by atoms with van der Waals surface area (Å²) >= 11 is 0. The number of allylic oxidation sites excluding steroid dienone is 2. The molecule has 6 nitrogen and oxygen atoms in total. The van der Waals surface area contributed by atoms with Crippen LogP contribution in [-0.4, -0.2) is 43.2 Å². The van der Waals surface area contributed by atoms with Crippen LogP contribution in [0.5, 0.6) is 0 Å². The summed E-state index contributed by atoms with van der Waals surface area (Å²) in [6.45, 7) is 8.63. The van der Waals surface area contributed by atoms with Crippen molar-refractivity contribution in [2.24, 2.45) is 28.6 Å². The lowest BCUT2D eigenvalue weighted by atomic mass is 9.45. The van der Waals surface area contributed by atoms with Gasteiger partial charge < -0.3 is 20.0 Å². The van der Waals surface area contributed by atoms with Crippen LogP contribution in [0.2, 0.25) is 0 Å². The zero-order chi connectivity index (χ0) is 24.9. The number of carbonyl (C=O) groups is 1. The molecule has 0 radical (unpaired) electrons. The average molecular weight is 494 g/mol. The van der Waals surface area contributed by atoms with E-state index in [2.05, 4.69) is 30.6 Å². The molecule has 7 atom stereocenters. The van der Waals surface area contributed by atoms with Crippen molar-refractivity contribution in [1.82, 2.24) is 15.5 Å². The number of amides is 2. The molecule has 1 aromatic rings. The van der Waals surface area contributed by atoms with Gasteiger partial charge in [-0.2, -0.15) is 0 Å². The normalized spacial score (nSPS) is 40.3. The Balaban J connectivity index is 1.13. The van der Waals surface area contributed by atoms with Crippen LogP contribution in [0.4, 0.5) is 4.79 Å². The van der Waals surface area contributed by atoms with Crippen molar-refractivity contribution >= 4 is 6.03 Å². The SMILES string of the molecule is C[C@]12CC[C@H](NC(=O)N3CCCNCC3)C[C@H]1CC[C@H]1C3=CC[C@H](c4ccc(=O)oc4)[C@@]3(C)CC[C@@H]12. The van der Waals surface area contributed by atoms with E-state index in [1.807, 2.05) is 11.0 Å². The second kappa shape index (κ2) is 9.34. The minimum atomic E-state index is -0.264. The molecular weight excluding hydrogens is 450 g/mol. The molecule has 0 unspecified atom stereocenters. The van der Waals surface area contributed by atoms with E-state index < -0.39 is 0 Å². The fraction of sp³-hybridized carbons (Fsp3) is 0.733. The van der Waals surface area contributed by atoms with E-state index in [9.17, 15) is 9.59 Å². The van der Waals surface area contributed by atoms with Crippen LogP contribution < -0.4 is 16.3 Å². The molecule has 6 rings (SSSR count). The third-order valence-electron chi connectivity index (χ3n) is 11.1. The third kappa shape index (κ3) is 4.04. The minimum Gasteiger partial charge on any atom is -0.431 e. The first-order valence-corrected chi connectivity index (χ1v) is 14.4. The van der Waals surface area contributed by atoms with Gasteiger partial charge in [0.15, 0.2) is 0 Å². The Labute approximate surface area is 215 Å². The van der Waals surface area contributed by atoms with Gasteiger partial charge in [0.2, 0.25) is 0 Å². The maximum absolute atomic E-state index is 13.0. The highest BCUT2D eigenvalue weighted by atomic mass is 16.4. The third-order valence-corrected chi connectivity index (χ3v) is 11.1. The summed E-state index contributed by atoms with van der Waals surface area (Å²) in [6.07, 6.45) is 14.9. The van der Waals surface area contributed by atoms with Gasteiger partial charge in [-0.1, -0.05) is 25.5 Å². The average Bonchev–Trinajstić information content (AvgIpc) is 3.03. The van der Waals surface area contributed by atoms with Gasteiger partial charge in [-0.3, -0.25) is 0 Å². The van der Waals surface area contributed by atoms with E-state index in [4.69, 9.17) is 4.42 Å². The Hall–Kier alpha value is -2.08. The van der Waals surface area contributed by atoms with Gasteiger partial charge in [-0.15, -0.1) is 0 Å². The van der Waals surface area contributed by atoms with Crippen LogP contribution >= 0.6 is 0 Å². The quantitative estimate of drug-likeness (QED) is 0.565. The Morgan fingerprint density at radius 2 is 2.00 bits per heavy atom. The predicted octanol–water partition coefficient (Wildman–Crippen LogP) is 5.06. The molecule has 6 heteroatoms. The van der Waals surface area contributed by atoms with Crippen molar-refractivity contribution in [2.75, 3.05) is 26.2 Å². The molecule has 2 heterocycles. The van der Waals surface area contributed by atoms with E-state index in [-0.39, 0.29) is 17.1 Å². The smallest absolute Gasteiger partial charge is 0.335 e. The minimum absolute atomic E-state index is 0.147. The second-order valence-electron chi connectivity index (χ2n) is 12.8. The maximum atomic E-state index is 13.0. The first kappa shape index (κ1) is 24.3. The molecule has 196 valence electrons. The number of urea groups is 1. The zero-order valence-corrected chi connectivity index (χ0v) is 22.1. The molecule has 0 aromatic carbocycles. The molecule has 5 aliphatic rings. The number of carbonyl (C=O) groups excluding carboxylic acids is 1. The standard InChI is InChI=1S/C30H43N3O3/c1-29-12-10-22(32-28(35)33-16-3-14-31-15-17-33)18-21(29)5-6-23-25-8-7-24(20-4-9-27(34)36-19-20)30(25,2)13-11-26(23)29/h4,8-9,19,21-24,26,31H,3,5-7,10-18H2,1-2H3,(H,32,35)/t21-,22+,23+,24-,26+,29+,30-/m1/s1. The first-order valence-electron chi connectivity index (χ1n) is 14.4. The molecule has 3 saturated carbocycles. The summed E-state index contributed by atoms with van der Waals surface area (Å²) in [5.41, 5.74) is 3.16. The van der Waals surface area contributed by atoms with Crippen LogP contribution in [0.3, 0.4) is 0 Å². The molecule has 0 bridgehead atoms. The highest BCUT2D eigenvalue weighted by Gasteiger charge is 2.57. The summed E-state index contributed by atoms with van der Waals surface area (Å²) in [7, 11) is 0.